The van der Waals surface area contributed by atoms with E-state index in [2.05, 4.69) is 0 Å². The van der Waals surface area contributed by atoms with E-state index in [0.29, 0.717) is 13.2 Å². The van der Waals surface area contributed by atoms with E-state index in [1.807, 2.05) is 13.8 Å². The standard InChI is InChI=1S/C5H12ClNO2/c1-3-8-7(5-6)9-4-2/h3-5H2,1-2H3. The number of rotatable bonds is 5. The van der Waals surface area contributed by atoms with Gasteiger partial charge in [0.25, 0.3) is 0 Å². The third kappa shape index (κ3) is 4.66. The van der Waals surface area contributed by atoms with Gasteiger partial charge in [-0.3, -0.25) is 9.68 Å². The van der Waals surface area contributed by atoms with Crippen LogP contribution in [0.1, 0.15) is 13.8 Å². The van der Waals surface area contributed by atoms with Gasteiger partial charge in [-0.2, -0.15) is 0 Å². The largest absolute Gasteiger partial charge is 0.273 e. The molecule has 0 heterocycles. The fraction of sp³-hybridized carbons (Fsp3) is 1.00. The highest BCUT2D eigenvalue weighted by molar-refractivity contribution is 6.17. The lowest BCUT2D eigenvalue weighted by Crippen LogP contribution is -2.22. The number of hydrogen-bond acceptors (Lipinski definition) is 3. The Morgan fingerprint density at radius 2 is 1.67 bits per heavy atom. The highest BCUT2D eigenvalue weighted by Gasteiger charge is 1.98. The van der Waals surface area contributed by atoms with Gasteiger partial charge in [0.2, 0.25) is 0 Å². The summed E-state index contributed by atoms with van der Waals surface area (Å²) in [6.07, 6.45) is 0. The molecule has 3 nitrogen and oxygen atoms in total. The summed E-state index contributed by atoms with van der Waals surface area (Å²) in [5, 5.41) is 1.25. The molecule has 9 heavy (non-hydrogen) atoms. The first kappa shape index (κ1) is 9.17. The maximum atomic E-state index is 5.40. The molecule has 0 spiro atoms. The molecule has 0 N–H and O–H groups in total. The molecule has 0 atom stereocenters. The molecule has 0 aliphatic rings. The molecule has 0 saturated carbocycles. The lowest BCUT2D eigenvalue weighted by Gasteiger charge is -2.15. The van der Waals surface area contributed by atoms with Crippen molar-refractivity contribution in [1.82, 2.24) is 5.23 Å². The molecule has 0 aromatic heterocycles. The van der Waals surface area contributed by atoms with E-state index in [9.17, 15) is 0 Å². The van der Waals surface area contributed by atoms with Crippen molar-refractivity contribution in [2.75, 3.05) is 19.2 Å². The van der Waals surface area contributed by atoms with E-state index >= 15 is 0 Å². The lowest BCUT2D eigenvalue weighted by molar-refractivity contribution is -0.354. The molecule has 0 radical (unpaired) electrons. The van der Waals surface area contributed by atoms with E-state index in [4.69, 9.17) is 21.3 Å². The van der Waals surface area contributed by atoms with E-state index < -0.39 is 0 Å². The fourth-order valence-electron chi connectivity index (χ4n) is 0.394. The molecule has 56 valence electrons. The van der Waals surface area contributed by atoms with Gasteiger partial charge in [0, 0.05) is 0 Å². The maximum Gasteiger partial charge on any atom is 0.126 e. The molecule has 0 aliphatic carbocycles. The third-order valence-electron chi connectivity index (χ3n) is 0.644. The average Bonchev–Trinajstić information content (AvgIpc) is 1.88. The number of alkyl halides is 1. The first-order valence-electron chi connectivity index (χ1n) is 2.94. The first-order chi connectivity index (χ1) is 4.35. The third-order valence-corrected chi connectivity index (χ3v) is 0.839. The van der Waals surface area contributed by atoms with Crippen LogP contribution in [0.2, 0.25) is 0 Å². The molecule has 0 aliphatic heterocycles. The highest BCUT2D eigenvalue weighted by Crippen LogP contribution is 1.93. The summed E-state index contributed by atoms with van der Waals surface area (Å²) in [5.74, 6) is 0. The smallest absolute Gasteiger partial charge is 0.126 e. The zero-order chi connectivity index (χ0) is 7.11. The fourth-order valence-corrected chi connectivity index (χ4v) is 0.532. The van der Waals surface area contributed by atoms with E-state index in [1.165, 1.54) is 5.23 Å². The van der Waals surface area contributed by atoms with Crippen molar-refractivity contribution in [3.05, 3.63) is 0 Å². The molecule has 0 aromatic rings. The average molecular weight is 154 g/mol. The normalized spacial score (nSPS) is 10.7. The molecule has 0 unspecified atom stereocenters. The minimum Gasteiger partial charge on any atom is -0.273 e. The summed E-state index contributed by atoms with van der Waals surface area (Å²) in [6.45, 7) is 4.90. The topological polar surface area (TPSA) is 21.7 Å². The summed E-state index contributed by atoms with van der Waals surface area (Å²) in [7, 11) is 0. The van der Waals surface area contributed by atoms with E-state index in [0.717, 1.165) is 0 Å². The molecule has 0 rings (SSSR count). The zero-order valence-electron chi connectivity index (χ0n) is 5.76. The minimum atomic E-state index is 0.238. The zero-order valence-corrected chi connectivity index (χ0v) is 6.52. The van der Waals surface area contributed by atoms with Gasteiger partial charge < -0.3 is 0 Å². The van der Waals surface area contributed by atoms with Crippen LogP contribution in [0.3, 0.4) is 0 Å². The Morgan fingerprint density at radius 1 is 1.22 bits per heavy atom. The van der Waals surface area contributed by atoms with Crippen LogP contribution in [-0.4, -0.2) is 24.4 Å². The summed E-state index contributed by atoms with van der Waals surface area (Å²) < 4.78 is 0. The SMILES string of the molecule is CCON(CCl)OCC. The van der Waals surface area contributed by atoms with Crippen LogP contribution in [0.4, 0.5) is 0 Å². The molecule has 0 saturated heterocycles. The van der Waals surface area contributed by atoms with Crippen LogP contribution < -0.4 is 0 Å². The Labute approximate surface area is 60.4 Å². The van der Waals surface area contributed by atoms with Crippen molar-refractivity contribution in [3.8, 4) is 0 Å². The summed E-state index contributed by atoms with van der Waals surface area (Å²) in [4.78, 5) is 9.82. The van der Waals surface area contributed by atoms with Gasteiger partial charge in [-0.1, -0.05) is 5.23 Å². The van der Waals surface area contributed by atoms with Gasteiger partial charge in [0.15, 0.2) is 0 Å². The van der Waals surface area contributed by atoms with Crippen LogP contribution in [0.5, 0.6) is 0 Å². The Morgan fingerprint density at radius 3 is 1.89 bits per heavy atom. The van der Waals surface area contributed by atoms with Crippen LogP contribution in [0.25, 0.3) is 0 Å². The predicted molar refractivity (Wildman–Crippen MR) is 35.8 cm³/mol. The summed E-state index contributed by atoms with van der Waals surface area (Å²) in [6, 6.07) is 0.238. The van der Waals surface area contributed by atoms with Crippen molar-refractivity contribution >= 4 is 11.6 Å². The van der Waals surface area contributed by atoms with Crippen molar-refractivity contribution in [2.45, 2.75) is 13.8 Å². The quantitative estimate of drug-likeness (QED) is 0.339. The Bertz CT molecular complexity index is 56.9. The second-order valence-corrected chi connectivity index (χ2v) is 1.53. The predicted octanol–water partition coefficient (Wildman–Crippen LogP) is 1.39. The lowest BCUT2D eigenvalue weighted by atomic mass is 10.9. The van der Waals surface area contributed by atoms with Crippen LogP contribution in [0.15, 0.2) is 0 Å². The van der Waals surface area contributed by atoms with Gasteiger partial charge in [0.1, 0.15) is 6.00 Å². The van der Waals surface area contributed by atoms with E-state index in [1.54, 1.807) is 0 Å². The van der Waals surface area contributed by atoms with Crippen LogP contribution >= 0.6 is 11.6 Å². The van der Waals surface area contributed by atoms with Gasteiger partial charge in [0.05, 0.1) is 13.2 Å². The van der Waals surface area contributed by atoms with Crippen LogP contribution in [-0.2, 0) is 9.68 Å². The second kappa shape index (κ2) is 6.29. The Kier molecular flexibility index (Phi) is 6.41. The Balaban J connectivity index is 3.18. The van der Waals surface area contributed by atoms with Gasteiger partial charge >= 0.3 is 0 Å². The highest BCUT2D eigenvalue weighted by atomic mass is 35.5. The summed E-state index contributed by atoms with van der Waals surface area (Å²) >= 11 is 5.40. The van der Waals surface area contributed by atoms with Crippen molar-refractivity contribution in [2.24, 2.45) is 0 Å². The van der Waals surface area contributed by atoms with Gasteiger partial charge in [-0.15, -0.1) is 11.6 Å². The van der Waals surface area contributed by atoms with Crippen molar-refractivity contribution in [1.29, 1.82) is 0 Å². The molecule has 4 heteroatoms. The molecular formula is C5H12ClNO2. The number of hydroxylamine groups is 2. The number of nitrogens with zero attached hydrogens (tertiary/aromatic N) is 1. The van der Waals surface area contributed by atoms with Crippen molar-refractivity contribution < 1.29 is 9.68 Å². The first-order valence-corrected chi connectivity index (χ1v) is 3.47. The molecular weight excluding hydrogens is 142 g/mol. The molecule has 0 fully saturated rings. The minimum absolute atomic E-state index is 0.238. The molecule has 0 aromatic carbocycles. The maximum absolute atomic E-state index is 5.40. The van der Waals surface area contributed by atoms with Gasteiger partial charge in [-0.25, -0.2) is 0 Å². The second-order valence-electron chi connectivity index (χ2n) is 1.29. The van der Waals surface area contributed by atoms with Gasteiger partial charge in [-0.05, 0) is 13.8 Å². The Hall–Kier alpha value is 0.170. The van der Waals surface area contributed by atoms with Crippen molar-refractivity contribution in [3.63, 3.8) is 0 Å². The van der Waals surface area contributed by atoms with Crippen LogP contribution in [0, 0.1) is 0 Å². The summed E-state index contributed by atoms with van der Waals surface area (Å²) in [5.41, 5.74) is 0. The molecule has 0 bridgehead atoms. The number of halogens is 1. The monoisotopic (exact) mass is 153 g/mol. The van der Waals surface area contributed by atoms with E-state index in [-0.39, 0.29) is 6.00 Å². The number of hydrogen-bond donors (Lipinski definition) is 0. The molecule has 0 amide bonds.